The van der Waals surface area contributed by atoms with Crippen LogP contribution in [0.5, 0.6) is 0 Å². The normalized spacial score (nSPS) is 14.4. The predicted molar refractivity (Wildman–Crippen MR) is 117 cm³/mol. The van der Waals surface area contributed by atoms with Crippen LogP contribution in [0, 0.1) is 0 Å². The van der Waals surface area contributed by atoms with Crippen LogP contribution >= 0.6 is 11.6 Å². The summed E-state index contributed by atoms with van der Waals surface area (Å²) in [6.45, 7) is 2.84. The second-order valence-electron chi connectivity index (χ2n) is 6.58. The number of ketones is 1. The Bertz CT molecular complexity index is 891. The van der Waals surface area contributed by atoms with E-state index < -0.39 is 0 Å². The Hall–Kier alpha value is -2.83. The Labute approximate surface area is 175 Å². The van der Waals surface area contributed by atoms with Gasteiger partial charge in [0, 0.05) is 59.4 Å². The number of allylic oxidation sites excluding steroid dienone is 1. The molecule has 1 aliphatic rings. The van der Waals surface area contributed by atoms with Gasteiger partial charge < -0.3 is 20.3 Å². The summed E-state index contributed by atoms with van der Waals surface area (Å²) in [4.78, 5) is 25.8. The fourth-order valence-corrected chi connectivity index (χ4v) is 3.36. The van der Waals surface area contributed by atoms with E-state index in [1.54, 1.807) is 30.3 Å². The molecule has 0 amide bonds. The second-order valence-corrected chi connectivity index (χ2v) is 7.02. The third-order valence-electron chi connectivity index (χ3n) is 4.76. The number of nitrogens with one attached hydrogen (secondary N) is 2. The van der Waals surface area contributed by atoms with Crippen molar-refractivity contribution in [2.75, 3.05) is 50.5 Å². The van der Waals surface area contributed by atoms with Gasteiger partial charge in [-0.15, -0.1) is 0 Å². The topological polar surface area (TPSA) is 70.7 Å². The first-order chi connectivity index (χ1) is 14.1. The van der Waals surface area contributed by atoms with Gasteiger partial charge in [-0.1, -0.05) is 11.6 Å². The van der Waals surface area contributed by atoms with Crippen molar-refractivity contribution in [1.29, 1.82) is 0 Å². The number of nitrogens with zero attached hydrogens (tertiary/aromatic N) is 1. The van der Waals surface area contributed by atoms with E-state index in [0.29, 0.717) is 23.8 Å². The lowest BCUT2D eigenvalue weighted by molar-refractivity contribution is -0.104. The van der Waals surface area contributed by atoms with Crippen molar-refractivity contribution < 1.29 is 14.3 Å². The average Bonchev–Trinajstić information content (AvgIpc) is 2.76. The number of benzene rings is 2. The van der Waals surface area contributed by atoms with Crippen molar-refractivity contribution in [2.45, 2.75) is 0 Å². The van der Waals surface area contributed by atoms with Crippen LogP contribution in [0.25, 0.3) is 5.70 Å². The Morgan fingerprint density at radius 2 is 1.90 bits per heavy atom. The van der Waals surface area contributed by atoms with E-state index in [4.69, 9.17) is 16.3 Å². The Morgan fingerprint density at radius 1 is 1.17 bits per heavy atom. The van der Waals surface area contributed by atoms with Crippen molar-refractivity contribution in [3.63, 3.8) is 0 Å². The maximum Gasteiger partial charge on any atom is 0.181 e. The minimum Gasteiger partial charge on any atom is -0.388 e. The highest BCUT2D eigenvalue weighted by atomic mass is 35.5. The second kappa shape index (κ2) is 10.1. The minimum atomic E-state index is -0.0299. The molecule has 152 valence electrons. The number of hydrogen-bond donors (Lipinski definition) is 2. The SMILES string of the molecule is CNc1ccc(NCC(=O)c2ccc(Cl)cc2)cc1/C(=C\C=O)N1CCOCC1. The molecule has 0 radical (unpaired) electrons. The molecule has 1 fully saturated rings. The van der Waals surface area contributed by atoms with E-state index in [1.807, 2.05) is 25.2 Å². The summed E-state index contributed by atoms with van der Waals surface area (Å²) < 4.78 is 5.43. The summed E-state index contributed by atoms with van der Waals surface area (Å²) in [5.74, 6) is -0.0299. The number of rotatable bonds is 8. The van der Waals surface area contributed by atoms with Crippen LogP contribution in [0.1, 0.15) is 15.9 Å². The zero-order chi connectivity index (χ0) is 20.6. The van der Waals surface area contributed by atoms with Gasteiger partial charge in [0.05, 0.1) is 19.8 Å². The number of ether oxygens (including phenoxy) is 1. The molecule has 2 N–H and O–H groups in total. The van der Waals surface area contributed by atoms with Crippen LogP contribution in [-0.2, 0) is 9.53 Å². The predicted octanol–water partition coefficient (Wildman–Crippen LogP) is 3.55. The first kappa shape index (κ1) is 20.9. The number of morpholine rings is 1. The molecule has 0 atom stereocenters. The van der Waals surface area contributed by atoms with E-state index >= 15 is 0 Å². The Morgan fingerprint density at radius 3 is 2.55 bits per heavy atom. The van der Waals surface area contributed by atoms with Crippen molar-refractivity contribution in [1.82, 2.24) is 4.90 Å². The molecule has 2 aromatic carbocycles. The van der Waals surface area contributed by atoms with E-state index in [0.717, 1.165) is 42.0 Å². The molecule has 0 aromatic heterocycles. The van der Waals surface area contributed by atoms with E-state index in [9.17, 15) is 9.59 Å². The van der Waals surface area contributed by atoms with Gasteiger partial charge in [0.1, 0.15) is 6.29 Å². The highest BCUT2D eigenvalue weighted by Gasteiger charge is 2.18. The molecule has 29 heavy (non-hydrogen) atoms. The van der Waals surface area contributed by atoms with E-state index in [2.05, 4.69) is 15.5 Å². The van der Waals surface area contributed by atoms with Gasteiger partial charge in [-0.05, 0) is 42.5 Å². The lowest BCUT2D eigenvalue weighted by Crippen LogP contribution is -2.35. The zero-order valence-electron chi connectivity index (χ0n) is 16.3. The fraction of sp³-hybridized carbons (Fsp3) is 0.273. The lowest BCUT2D eigenvalue weighted by Gasteiger charge is -2.32. The molecular formula is C22H24ClN3O3. The largest absolute Gasteiger partial charge is 0.388 e. The third kappa shape index (κ3) is 5.37. The number of carbonyl (C=O) groups excluding carboxylic acids is 2. The molecule has 0 bridgehead atoms. The monoisotopic (exact) mass is 413 g/mol. The fourth-order valence-electron chi connectivity index (χ4n) is 3.24. The number of halogens is 1. The Balaban J connectivity index is 1.80. The van der Waals surface area contributed by atoms with Gasteiger partial charge in [0.15, 0.2) is 5.78 Å². The maximum absolute atomic E-state index is 12.4. The number of Topliss-reactive ketones (excluding diaryl/α,β-unsaturated/α-hetero) is 1. The van der Waals surface area contributed by atoms with Crippen LogP contribution in [0.4, 0.5) is 11.4 Å². The maximum atomic E-state index is 12.4. The molecule has 0 saturated carbocycles. The van der Waals surface area contributed by atoms with Crippen LogP contribution in [0.15, 0.2) is 48.5 Å². The summed E-state index contributed by atoms with van der Waals surface area (Å²) in [7, 11) is 1.84. The van der Waals surface area contributed by atoms with Gasteiger partial charge >= 0.3 is 0 Å². The van der Waals surface area contributed by atoms with Gasteiger partial charge in [0.2, 0.25) is 0 Å². The highest BCUT2D eigenvalue weighted by Crippen LogP contribution is 2.30. The summed E-state index contributed by atoms with van der Waals surface area (Å²) in [6.07, 6.45) is 2.37. The summed E-state index contributed by atoms with van der Waals surface area (Å²) in [6, 6.07) is 12.6. The minimum absolute atomic E-state index is 0.0299. The third-order valence-corrected chi connectivity index (χ3v) is 5.01. The number of anilines is 2. The van der Waals surface area contributed by atoms with E-state index in [1.165, 1.54) is 0 Å². The molecule has 1 heterocycles. The molecular weight excluding hydrogens is 390 g/mol. The lowest BCUT2D eigenvalue weighted by atomic mass is 10.1. The molecule has 0 spiro atoms. The van der Waals surface area contributed by atoms with Crippen LogP contribution in [-0.4, -0.2) is 56.9 Å². The standard InChI is InChI=1S/C22H24ClN3O3/c1-24-20-7-6-18(25-15-22(28)16-2-4-17(23)5-3-16)14-19(20)21(8-11-27)26-9-12-29-13-10-26/h2-8,11,14,24-25H,9-10,12-13,15H2,1H3/b21-8+. The summed E-state index contributed by atoms with van der Waals surface area (Å²) in [5.41, 5.74) is 4.03. The van der Waals surface area contributed by atoms with Gasteiger partial charge in [0.25, 0.3) is 0 Å². The zero-order valence-corrected chi connectivity index (χ0v) is 17.0. The van der Waals surface area contributed by atoms with Crippen LogP contribution < -0.4 is 10.6 Å². The number of aldehydes is 1. The first-order valence-corrected chi connectivity index (χ1v) is 9.83. The summed E-state index contributed by atoms with van der Waals surface area (Å²) >= 11 is 5.88. The molecule has 3 rings (SSSR count). The van der Waals surface area contributed by atoms with Crippen molar-refractivity contribution in [2.24, 2.45) is 0 Å². The number of carbonyl (C=O) groups is 2. The molecule has 6 nitrogen and oxygen atoms in total. The molecule has 0 aliphatic carbocycles. The van der Waals surface area contributed by atoms with Gasteiger partial charge in [-0.3, -0.25) is 9.59 Å². The van der Waals surface area contributed by atoms with E-state index in [-0.39, 0.29) is 12.3 Å². The first-order valence-electron chi connectivity index (χ1n) is 9.45. The van der Waals surface area contributed by atoms with Crippen LogP contribution in [0.2, 0.25) is 5.02 Å². The molecule has 1 aliphatic heterocycles. The molecule has 7 heteroatoms. The van der Waals surface area contributed by atoms with Crippen LogP contribution in [0.3, 0.4) is 0 Å². The molecule has 0 unspecified atom stereocenters. The van der Waals surface area contributed by atoms with Gasteiger partial charge in [-0.2, -0.15) is 0 Å². The van der Waals surface area contributed by atoms with Crippen molar-refractivity contribution in [3.8, 4) is 0 Å². The van der Waals surface area contributed by atoms with Crippen molar-refractivity contribution >= 4 is 40.7 Å². The average molecular weight is 414 g/mol. The Kier molecular flexibility index (Phi) is 7.27. The highest BCUT2D eigenvalue weighted by molar-refractivity contribution is 6.30. The quantitative estimate of drug-likeness (QED) is 0.392. The number of hydrogen-bond acceptors (Lipinski definition) is 6. The summed E-state index contributed by atoms with van der Waals surface area (Å²) in [5, 5.41) is 6.95. The molecule has 2 aromatic rings. The van der Waals surface area contributed by atoms with Gasteiger partial charge in [-0.25, -0.2) is 0 Å². The smallest absolute Gasteiger partial charge is 0.181 e. The van der Waals surface area contributed by atoms with Crippen molar-refractivity contribution in [3.05, 3.63) is 64.7 Å². The molecule has 1 saturated heterocycles.